The number of rotatable bonds is 5. The van der Waals surface area contributed by atoms with Crippen LogP contribution in [0.25, 0.3) is 0 Å². The van der Waals surface area contributed by atoms with Gasteiger partial charge in [0.25, 0.3) is 5.91 Å². The average molecular weight is 283 g/mol. The number of likely N-dealkylation sites (tertiary alicyclic amines) is 1. The van der Waals surface area contributed by atoms with Gasteiger partial charge in [-0.2, -0.15) is 0 Å². The number of amides is 1. The van der Waals surface area contributed by atoms with Gasteiger partial charge in [0.15, 0.2) is 0 Å². The van der Waals surface area contributed by atoms with Crippen LogP contribution >= 0.6 is 0 Å². The quantitative estimate of drug-likeness (QED) is 0.785. The lowest BCUT2D eigenvalue weighted by Crippen LogP contribution is -2.61. The molecule has 0 spiro atoms. The zero-order chi connectivity index (χ0) is 15.6. The molecule has 0 radical (unpaired) electrons. The fraction of sp³-hybridized carbons (Fsp3) is 0.800. The third-order valence-electron chi connectivity index (χ3n) is 4.66. The van der Waals surface area contributed by atoms with Crippen LogP contribution in [0.15, 0.2) is 0 Å². The molecule has 1 atom stereocenters. The summed E-state index contributed by atoms with van der Waals surface area (Å²) in [6.07, 6.45) is 2.83. The van der Waals surface area contributed by atoms with Crippen molar-refractivity contribution in [3.8, 4) is 0 Å². The second kappa shape index (κ2) is 5.94. The van der Waals surface area contributed by atoms with Crippen LogP contribution in [0.1, 0.15) is 59.8 Å². The van der Waals surface area contributed by atoms with E-state index in [1.54, 1.807) is 20.8 Å². The van der Waals surface area contributed by atoms with E-state index in [0.29, 0.717) is 25.8 Å². The minimum absolute atomic E-state index is 0.327. The van der Waals surface area contributed by atoms with Gasteiger partial charge in [-0.3, -0.25) is 9.59 Å². The van der Waals surface area contributed by atoms with Crippen LogP contribution in [0, 0.1) is 5.41 Å². The predicted molar refractivity (Wildman–Crippen MR) is 75.3 cm³/mol. The molecule has 0 aliphatic carbocycles. The van der Waals surface area contributed by atoms with Crippen LogP contribution in [0.2, 0.25) is 0 Å². The summed E-state index contributed by atoms with van der Waals surface area (Å²) in [4.78, 5) is 37.8. The first-order chi connectivity index (χ1) is 9.23. The van der Waals surface area contributed by atoms with Gasteiger partial charge in [-0.1, -0.05) is 27.7 Å². The van der Waals surface area contributed by atoms with Gasteiger partial charge in [-0.05, 0) is 32.1 Å². The topological polar surface area (TPSA) is 74.7 Å². The third-order valence-corrected chi connectivity index (χ3v) is 4.66. The average Bonchev–Trinajstić information content (AvgIpc) is 2.45. The monoisotopic (exact) mass is 283 g/mol. The molecule has 0 bridgehead atoms. The van der Waals surface area contributed by atoms with Crippen molar-refractivity contribution in [2.45, 2.75) is 65.3 Å². The Hall–Kier alpha value is -1.39. The van der Waals surface area contributed by atoms with Crippen molar-refractivity contribution in [3.05, 3.63) is 0 Å². The zero-order valence-corrected chi connectivity index (χ0v) is 12.9. The lowest BCUT2D eigenvalue weighted by molar-refractivity contribution is -0.166. The van der Waals surface area contributed by atoms with Crippen LogP contribution in [-0.4, -0.2) is 39.7 Å². The molecule has 1 amide bonds. The Morgan fingerprint density at radius 1 is 1.20 bits per heavy atom. The Kier molecular flexibility index (Phi) is 4.95. The molecule has 1 rings (SSSR count). The molecule has 1 fully saturated rings. The number of ketones is 1. The maximum absolute atomic E-state index is 12.5. The van der Waals surface area contributed by atoms with Crippen molar-refractivity contribution >= 4 is 17.7 Å². The van der Waals surface area contributed by atoms with Crippen molar-refractivity contribution in [2.75, 3.05) is 6.54 Å². The number of carbonyl (C=O) groups excluding carboxylic acids is 2. The van der Waals surface area contributed by atoms with E-state index in [9.17, 15) is 19.5 Å². The van der Waals surface area contributed by atoms with E-state index in [1.807, 2.05) is 6.92 Å². The van der Waals surface area contributed by atoms with Crippen molar-refractivity contribution < 1.29 is 19.5 Å². The highest BCUT2D eigenvalue weighted by atomic mass is 16.4. The minimum Gasteiger partial charge on any atom is -0.479 e. The van der Waals surface area contributed by atoms with Crippen LogP contribution in [0.5, 0.6) is 0 Å². The van der Waals surface area contributed by atoms with Crippen LogP contribution in [0.4, 0.5) is 0 Å². The van der Waals surface area contributed by atoms with Gasteiger partial charge in [-0.15, -0.1) is 0 Å². The van der Waals surface area contributed by atoms with Crippen LogP contribution in [-0.2, 0) is 14.4 Å². The van der Waals surface area contributed by atoms with Gasteiger partial charge >= 0.3 is 5.97 Å². The highest BCUT2D eigenvalue weighted by Crippen LogP contribution is 2.33. The second-order valence-corrected chi connectivity index (χ2v) is 6.17. The predicted octanol–water partition coefficient (Wildman–Crippen LogP) is 2.24. The molecule has 1 N–H and O–H groups in total. The number of Topliss-reactive ketones (excluding diaryl/α,β-unsaturated/α-hetero) is 1. The zero-order valence-electron chi connectivity index (χ0n) is 12.9. The molecule has 1 aliphatic heterocycles. The first-order valence-electron chi connectivity index (χ1n) is 7.32. The maximum atomic E-state index is 12.5. The van der Waals surface area contributed by atoms with Gasteiger partial charge in [0.2, 0.25) is 5.78 Å². The molecule has 0 unspecified atom stereocenters. The molecule has 5 heteroatoms. The Morgan fingerprint density at radius 2 is 1.80 bits per heavy atom. The van der Waals surface area contributed by atoms with Gasteiger partial charge in [0, 0.05) is 12.0 Å². The lowest BCUT2D eigenvalue weighted by Gasteiger charge is -2.44. The van der Waals surface area contributed by atoms with Gasteiger partial charge < -0.3 is 10.0 Å². The number of hydrogen-bond donors (Lipinski definition) is 1. The molecule has 114 valence electrons. The molecule has 1 saturated heterocycles. The number of carbonyl (C=O) groups is 3. The normalized spacial score (nSPS) is 23.5. The summed E-state index contributed by atoms with van der Waals surface area (Å²) < 4.78 is 0. The van der Waals surface area contributed by atoms with Crippen molar-refractivity contribution in [2.24, 2.45) is 5.41 Å². The maximum Gasteiger partial charge on any atom is 0.329 e. The van der Waals surface area contributed by atoms with Crippen molar-refractivity contribution in [1.29, 1.82) is 0 Å². The third kappa shape index (κ3) is 2.72. The number of aliphatic carboxylic acids is 1. The Bertz CT molecular complexity index is 416. The number of piperidine rings is 1. The summed E-state index contributed by atoms with van der Waals surface area (Å²) in [6.45, 7) is 7.42. The molecule has 1 aliphatic rings. The number of hydrogen-bond acceptors (Lipinski definition) is 3. The van der Waals surface area contributed by atoms with Gasteiger partial charge in [0.1, 0.15) is 5.54 Å². The smallest absolute Gasteiger partial charge is 0.329 e. The molecule has 1 heterocycles. The van der Waals surface area contributed by atoms with E-state index in [-0.39, 0.29) is 0 Å². The molecule has 0 saturated carbocycles. The highest BCUT2D eigenvalue weighted by Gasteiger charge is 2.49. The first-order valence-corrected chi connectivity index (χ1v) is 7.32. The van der Waals surface area contributed by atoms with Crippen molar-refractivity contribution in [1.82, 2.24) is 4.90 Å². The number of carboxylic acids is 1. The van der Waals surface area contributed by atoms with E-state index < -0.39 is 28.6 Å². The van der Waals surface area contributed by atoms with Crippen LogP contribution in [0.3, 0.4) is 0 Å². The van der Waals surface area contributed by atoms with E-state index in [4.69, 9.17) is 0 Å². The van der Waals surface area contributed by atoms with Crippen molar-refractivity contribution in [3.63, 3.8) is 0 Å². The molecule has 0 aromatic carbocycles. The fourth-order valence-electron chi connectivity index (χ4n) is 2.65. The molecule has 20 heavy (non-hydrogen) atoms. The van der Waals surface area contributed by atoms with E-state index in [2.05, 4.69) is 0 Å². The molecule has 0 aromatic heterocycles. The largest absolute Gasteiger partial charge is 0.479 e. The summed E-state index contributed by atoms with van der Waals surface area (Å²) in [5.74, 6) is -2.13. The first kappa shape index (κ1) is 16.7. The van der Waals surface area contributed by atoms with Gasteiger partial charge in [0.05, 0.1) is 0 Å². The van der Waals surface area contributed by atoms with Crippen LogP contribution < -0.4 is 0 Å². The number of nitrogens with zero attached hydrogens (tertiary/aromatic N) is 1. The summed E-state index contributed by atoms with van der Waals surface area (Å²) in [6, 6.07) is 0. The Labute approximate surface area is 120 Å². The Morgan fingerprint density at radius 3 is 2.25 bits per heavy atom. The highest BCUT2D eigenvalue weighted by molar-refractivity contribution is 6.38. The van der Waals surface area contributed by atoms with Gasteiger partial charge in [-0.25, -0.2) is 4.79 Å². The number of carboxylic acid groups (broad SMARTS) is 1. The fourth-order valence-corrected chi connectivity index (χ4v) is 2.65. The van der Waals surface area contributed by atoms with E-state index in [0.717, 1.165) is 12.8 Å². The second-order valence-electron chi connectivity index (χ2n) is 6.17. The lowest BCUT2D eigenvalue weighted by atomic mass is 9.80. The SMILES string of the molecule is CCC(C)(C)C(=O)C(=O)N1CCCC[C@@]1(CC)C(=O)O. The van der Waals surface area contributed by atoms with E-state index >= 15 is 0 Å². The Balaban J connectivity index is 3.11. The molecule has 5 nitrogen and oxygen atoms in total. The standard InChI is InChI=1S/C15H25NO4/c1-5-14(3,4)11(17)12(18)16-10-8-7-9-15(16,6-2)13(19)20/h5-10H2,1-4H3,(H,19,20)/t15-/m0/s1. The van der Waals surface area contributed by atoms with E-state index in [1.165, 1.54) is 4.90 Å². The minimum atomic E-state index is -1.21. The summed E-state index contributed by atoms with van der Waals surface area (Å²) in [5, 5.41) is 9.54. The summed E-state index contributed by atoms with van der Waals surface area (Å²) in [5.41, 5.74) is -1.96. The molecule has 0 aromatic rings. The molecular weight excluding hydrogens is 258 g/mol. The summed E-state index contributed by atoms with van der Waals surface area (Å²) in [7, 11) is 0. The summed E-state index contributed by atoms with van der Waals surface area (Å²) >= 11 is 0. The molecular formula is C15H25NO4.